The second-order valence-electron chi connectivity index (χ2n) is 33.6. The molecule has 4 aliphatic carbocycles. The van der Waals surface area contributed by atoms with Crippen molar-refractivity contribution in [2.24, 2.45) is 23.7 Å². The first-order valence-electron chi connectivity index (χ1n) is 41.9. The zero-order valence-corrected chi connectivity index (χ0v) is 69.8. The zero-order valence-electron chi connectivity index (χ0n) is 69.8. The number of carbonyl (C=O) groups excluding carboxylic acids is 4. The fourth-order valence-electron chi connectivity index (χ4n) is 18.6. The normalized spacial score (nSPS) is 22.0. The molecule has 28 heteroatoms. The molecule has 0 spiro atoms. The molecule has 8 aliphatic rings. The number of likely N-dealkylation sites (tertiary alicyclic amines) is 4. The van der Waals surface area contributed by atoms with Crippen molar-refractivity contribution in [3.8, 4) is 68.8 Å². The Morgan fingerprint density at radius 1 is 0.298 bits per heavy atom. The van der Waals surface area contributed by atoms with Gasteiger partial charge in [0, 0.05) is 135 Å². The number of carbonyl (C=O) groups is 4. The minimum absolute atomic E-state index is 0.0386. The number of halogens is 4. The lowest BCUT2D eigenvalue weighted by atomic mass is 10.0. The number of amides is 4. The predicted octanol–water partition coefficient (Wildman–Crippen LogP) is 15.9. The summed E-state index contributed by atoms with van der Waals surface area (Å²) in [6.45, 7) is 17.9. The number of piperidine rings is 4. The summed E-state index contributed by atoms with van der Waals surface area (Å²) in [6, 6.07) is 37.1. The summed E-state index contributed by atoms with van der Waals surface area (Å²) >= 11 is 0. The van der Waals surface area contributed by atoms with Gasteiger partial charge < -0.3 is 38.5 Å². The number of hydrogen-bond donors (Lipinski definition) is 0. The molecule has 0 N–H and O–H groups in total. The van der Waals surface area contributed by atoms with Crippen LogP contribution in [0.25, 0.3) is 45.3 Å². The Bertz CT molecular complexity index is 5620. The fraction of sp³-hybridized carbons (Fsp3) is 0.333. The highest BCUT2D eigenvalue weighted by Gasteiger charge is 2.53. The molecule has 0 aromatic carbocycles. The van der Waals surface area contributed by atoms with E-state index in [0.717, 1.165) is 84.7 Å². The smallest absolute Gasteiger partial charge is 0.273 e. The molecular weight excluding hydrogens is 1580 g/mol. The lowest BCUT2D eigenvalue weighted by molar-refractivity contribution is 0.0459. The van der Waals surface area contributed by atoms with Crippen LogP contribution in [0.3, 0.4) is 0 Å². The molecule has 16 heterocycles. The van der Waals surface area contributed by atoms with Gasteiger partial charge in [0.1, 0.15) is 81.6 Å². The molecule has 632 valence electrons. The Hall–Kier alpha value is -13.4. The lowest BCUT2D eigenvalue weighted by Gasteiger charge is -2.33. The average Bonchev–Trinajstić information content (AvgIpc) is 1.73. The number of hydrogen-bond acceptors (Lipinski definition) is 20. The number of nitrogens with zero attached hydrogens (tertiary/aromatic N) is 16. The molecule has 4 amide bonds. The molecule has 124 heavy (non-hydrogen) atoms. The quantitative estimate of drug-likeness (QED) is 0.0813. The third-order valence-corrected chi connectivity index (χ3v) is 24.3. The third kappa shape index (κ3) is 17.7. The Labute approximate surface area is 715 Å². The molecule has 12 aromatic heterocycles. The van der Waals surface area contributed by atoms with Gasteiger partial charge in [-0.15, -0.1) is 0 Å². The van der Waals surface area contributed by atoms with Crippen molar-refractivity contribution < 1.29 is 55.7 Å². The largest absolute Gasteiger partial charge is 0.472 e. The van der Waals surface area contributed by atoms with Gasteiger partial charge in [0.2, 0.25) is 23.5 Å². The highest BCUT2D eigenvalue weighted by Crippen LogP contribution is 2.46. The van der Waals surface area contributed by atoms with E-state index in [1.165, 1.54) is 73.3 Å². The van der Waals surface area contributed by atoms with E-state index in [4.69, 9.17) is 18.9 Å². The number of aryl methyl sites for hydroxylation is 8. The second-order valence-corrected chi connectivity index (χ2v) is 33.6. The number of fused-ring (bicyclic) bond motifs is 8. The van der Waals surface area contributed by atoms with Crippen molar-refractivity contribution in [3.05, 3.63) is 286 Å². The fourth-order valence-corrected chi connectivity index (χ4v) is 18.6. The summed E-state index contributed by atoms with van der Waals surface area (Å²) in [5.41, 5.74) is 10.4. The summed E-state index contributed by atoms with van der Waals surface area (Å²) in [7, 11) is 0. The summed E-state index contributed by atoms with van der Waals surface area (Å²) in [6.07, 6.45) is 23.1. The van der Waals surface area contributed by atoms with Gasteiger partial charge in [-0.25, -0.2) is 42.5 Å². The van der Waals surface area contributed by atoms with Gasteiger partial charge in [-0.2, -0.15) is 0 Å². The Kier molecular flexibility index (Phi) is 23.8. The van der Waals surface area contributed by atoms with E-state index >= 15 is 0 Å². The molecule has 12 atom stereocenters. The first-order valence-corrected chi connectivity index (χ1v) is 41.9. The first-order chi connectivity index (χ1) is 60.0. The van der Waals surface area contributed by atoms with Crippen LogP contribution in [0.15, 0.2) is 195 Å². The predicted molar refractivity (Wildman–Crippen MR) is 452 cm³/mol. The molecular formula is C96H92F4N16O8. The molecule has 4 saturated carbocycles. The number of pyridine rings is 12. The van der Waals surface area contributed by atoms with E-state index in [-0.39, 0.29) is 118 Å². The van der Waals surface area contributed by atoms with Gasteiger partial charge in [0.25, 0.3) is 23.6 Å². The molecule has 24 nitrogen and oxygen atoms in total. The number of rotatable bonds is 16. The maximum absolute atomic E-state index is 14.5. The van der Waals surface area contributed by atoms with E-state index in [0.29, 0.717) is 107 Å². The topological polar surface area (TPSA) is 273 Å². The molecule has 0 radical (unpaired) electrons. The molecule has 8 bridgehead atoms. The first kappa shape index (κ1) is 82.9. The highest BCUT2D eigenvalue weighted by molar-refractivity contribution is 6.02. The van der Waals surface area contributed by atoms with Gasteiger partial charge in [-0.3, -0.25) is 54.1 Å². The second kappa shape index (κ2) is 35.6. The van der Waals surface area contributed by atoms with Crippen molar-refractivity contribution in [1.29, 1.82) is 0 Å². The highest BCUT2D eigenvalue weighted by atomic mass is 19.1. The van der Waals surface area contributed by atoms with Gasteiger partial charge >= 0.3 is 0 Å². The van der Waals surface area contributed by atoms with Gasteiger partial charge in [0.05, 0.1) is 35.3 Å². The maximum Gasteiger partial charge on any atom is 0.273 e. The van der Waals surface area contributed by atoms with E-state index in [1.807, 2.05) is 124 Å². The Morgan fingerprint density at radius 2 is 0.637 bits per heavy atom. The Morgan fingerprint density at radius 3 is 1.03 bits per heavy atom. The third-order valence-electron chi connectivity index (χ3n) is 24.3. The van der Waals surface area contributed by atoms with Gasteiger partial charge in [0.15, 0.2) is 11.6 Å². The van der Waals surface area contributed by atoms with Crippen LogP contribution in [0.4, 0.5) is 17.6 Å². The molecule has 12 unspecified atom stereocenters. The molecule has 4 saturated heterocycles. The summed E-state index contributed by atoms with van der Waals surface area (Å²) in [5.74, 6) is 1.14. The van der Waals surface area contributed by atoms with E-state index in [9.17, 15) is 36.7 Å². The van der Waals surface area contributed by atoms with Gasteiger partial charge in [-0.1, -0.05) is 24.3 Å². The summed E-state index contributed by atoms with van der Waals surface area (Å²) in [4.78, 5) is 113. The van der Waals surface area contributed by atoms with Gasteiger partial charge in [-0.05, 0) is 249 Å². The maximum atomic E-state index is 14.5. The van der Waals surface area contributed by atoms with Crippen molar-refractivity contribution in [3.63, 3.8) is 0 Å². The zero-order chi connectivity index (χ0) is 86.1. The summed E-state index contributed by atoms with van der Waals surface area (Å²) < 4.78 is 82.3. The van der Waals surface area contributed by atoms with Crippen LogP contribution in [0, 0.1) is 102 Å². The minimum Gasteiger partial charge on any atom is -0.472 e. The van der Waals surface area contributed by atoms with Crippen LogP contribution >= 0.6 is 0 Å². The van der Waals surface area contributed by atoms with Crippen LogP contribution in [-0.4, -0.2) is 178 Å². The average molecular weight is 1670 g/mol. The van der Waals surface area contributed by atoms with Crippen molar-refractivity contribution in [2.75, 3.05) is 26.2 Å². The van der Waals surface area contributed by atoms with Crippen LogP contribution < -0.4 is 18.9 Å². The molecule has 8 fully saturated rings. The van der Waals surface area contributed by atoms with E-state index in [2.05, 4.69) is 59.8 Å². The van der Waals surface area contributed by atoms with Crippen molar-refractivity contribution >= 4 is 23.6 Å². The SMILES string of the molecule is Cc1ccc(OC2CC3CC2N(C(=O)c2cc(C)cnc2-c2ncccc2F)C3)nc1.Cc1ccc(OC2CC3CC2N(C(=O)c2ccc(C)nc2-c2ncccc2F)C3)nc1.Cc1ccc(OC2CC3CC2N(C(=O)c2nc(C)ccc2-c2ncccc2F)C3)nc1.Cc1ccc(OC2CC3CC2N(C(=O)c2ncc(C)cc2-c2ncccc2F)C3)nc1. The standard InChI is InChI=1S/4C24H23FN4O2/c1-14-5-8-21(27-12-14)31-20-11-16-10-19(20)29(13-16)24(30)17-7-6-15(2)28-22(17)23-18(25)4-3-9-26-23;1-14-5-8-21(27-12-14)31-20-11-16-10-19(20)29(13-16)24(30)23-17(7-6-15(2)28-23)22-18(25)4-3-9-26-22;1-14-5-6-21(27-11-14)31-20-10-16-9-19(20)29(13-16)24(30)17-8-15(2)12-28-22(17)23-18(25)4-3-7-26-23;1-14-5-6-21(27-11-14)31-20-10-16-9-19(20)29(13-16)24(30)23-17(8-15(2)12-28-23)22-18(25)4-3-7-26-22/h2*3-9,12,16,19-20H,10-11,13H2,1-2H3;2*3-8,11-12,16,19-20H,9-10,13H2,1-2H3. The van der Waals surface area contributed by atoms with Crippen LogP contribution in [0.2, 0.25) is 0 Å². The monoisotopic (exact) mass is 1670 g/mol. The van der Waals surface area contributed by atoms with Crippen LogP contribution in [0.5, 0.6) is 23.5 Å². The molecule has 12 aromatic rings. The molecule has 20 rings (SSSR count). The number of ether oxygens (including phenoxy) is 4. The van der Waals surface area contributed by atoms with Crippen molar-refractivity contribution in [1.82, 2.24) is 79.4 Å². The number of aromatic nitrogens is 12. The lowest BCUT2D eigenvalue weighted by Crippen LogP contribution is -2.47. The minimum atomic E-state index is -0.498. The summed E-state index contributed by atoms with van der Waals surface area (Å²) in [5, 5.41) is 0. The van der Waals surface area contributed by atoms with E-state index < -0.39 is 23.3 Å². The van der Waals surface area contributed by atoms with Crippen molar-refractivity contribution in [2.45, 2.75) is 155 Å². The van der Waals surface area contributed by atoms with Crippen LogP contribution in [0.1, 0.15) is 138 Å². The molecule has 4 aliphatic heterocycles. The van der Waals surface area contributed by atoms with E-state index in [1.54, 1.807) is 73.6 Å². The van der Waals surface area contributed by atoms with Crippen LogP contribution in [-0.2, 0) is 0 Å². The Balaban J connectivity index is 0.000000117.